The van der Waals surface area contributed by atoms with Crippen molar-refractivity contribution in [3.63, 3.8) is 0 Å². The van der Waals surface area contributed by atoms with E-state index in [2.05, 4.69) is 15.6 Å². The molecular formula is C21H26ClN3O3. The van der Waals surface area contributed by atoms with Crippen molar-refractivity contribution in [2.75, 3.05) is 13.7 Å². The average Bonchev–Trinajstić information content (AvgIpc) is 2.72. The van der Waals surface area contributed by atoms with Gasteiger partial charge in [-0.2, -0.15) is 0 Å². The van der Waals surface area contributed by atoms with Crippen molar-refractivity contribution in [3.05, 3.63) is 53.2 Å². The van der Waals surface area contributed by atoms with Gasteiger partial charge in [-0.05, 0) is 55.9 Å². The molecule has 3 rings (SSSR count). The Morgan fingerprint density at radius 3 is 2.54 bits per heavy atom. The highest BCUT2D eigenvalue weighted by atomic mass is 35.5. The topological polar surface area (TPSA) is 72.5 Å². The Morgan fingerprint density at radius 1 is 1.14 bits per heavy atom. The monoisotopic (exact) mass is 403 g/mol. The molecule has 0 bridgehead atoms. The summed E-state index contributed by atoms with van der Waals surface area (Å²) in [4.78, 5) is 16.3. The minimum atomic E-state index is -0.114. The largest absolute Gasteiger partial charge is 0.497 e. The highest BCUT2D eigenvalue weighted by Gasteiger charge is 2.23. The molecule has 2 amide bonds. The van der Waals surface area contributed by atoms with Gasteiger partial charge >= 0.3 is 6.03 Å². The Bertz CT molecular complexity index is 744. The Hall–Kier alpha value is -2.47. The van der Waals surface area contributed by atoms with Crippen LogP contribution in [0.15, 0.2) is 42.6 Å². The van der Waals surface area contributed by atoms with Crippen LogP contribution in [0, 0.1) is 0 Å². The molecule has 0 radical (unpaired) electrons. The second-order valence-corrected chi connectivity index (χ2v) is 7.34. The third-order valence-electron chi connectivity index (χ3n) is 4.86. The fourth-order valence-electron chi connectivity index (χ4n) is 3.28. The predicted octanol–water partition coefficient (Wildman–Crippen LogP) is 3.98. The van der Waals surface area contributed by atoms with Crippen LogP contribution in [0.2, 0.25) is 5.02 Å². The van der Waals surface area contributed by atoms with Gasteiger partial charge < -0.3 is 20.1 Å². The number of ether oxygens (including phenoxy) is 2. The van der Waals surface area contributed by atoms with Crippen LogP contribution >= 0.6 is 11.6 Å². The summed E-state index contributed by atoms with van der Waals surface area (Å²) in [5.74, 6) is 1.43. The molecular weight excluding hydrogens is 378 g/mol. The number of methoxy groups -OCH3 is 1. The minimum Gasteiger partial charge on any atom is -0.497 e. The summed E-state index contributed by atoms with van der Waals surface area (Å²) in [6, 6.07) is 11.5. The normalized spacial score (nSPS) is 18.9. The van der Waals surface area contributed by atoms with Crippen molar-refractivity contribution in [2.45, 2.75) is 44.2 Å². The van der Waals surface area contributed by atoms with Gasteiger partial charge in [0.25, 0.3) is 0 Å². The molecule has 0 aliphatic heterocycles. The third kappa shape index (κ3) is 6.30. The molecule has 0 unspecified atom stereocenters. The molecule has 7 heteroatoms. The smallest absolute Gasteiger partial charge is 0.315 e. The quantitative estimate of drug-likeness (QED) is 0.733. The Kier molecular flexibility index (Phi) is 7.37. The van der Waals surface area contributed by atoms with Gasteiger partial charge in [-0.1, -0.05) is 23.7 Å². The zero-order chi connectivity index (χ0) is 19.8. The number of halogens is 1. The number of nitrogens with one attached hydrogen (secondary N) is 2. The maximum atomic E-state index is 12.1. The Labute approximate surface area is 170 Å². The lowest BCUT2D eigenvalue weighted by atomic mass is 9.93. The first kappa shape index (κ1) is 20.3. The highest BCUT2D eigenvalue weighted by molar-refractivity contribution is 6.30. The summed E-state index contributed by atoms with van der Waals surface area (Å²) in [5, 5.41) is 6.58. The summed E-state index contributed by atoms with van der Waals surface area (Å²) in [6.45, 7) is 0.596. The van der Waals surface area contributed by atoms with Crippen LogP contribution in [0.4, 0.5) is 4.79 Å². The summed E-state index contributed by atoms with van der Waals surface area (Å²) in [5.41, 5.74) is 1.16. The van der Waals surface area contributed by atoms with Crippen molar-refractivity contribution in [3.8, 4) is 11.6 Å². The molecule has 1 aliphatic rings. The van der Waals surface area contributed by atoms with E-state index in [1.165, 1.54) is 0 Å². The average molecular weight is 404 g/mol. The van der Waals surface area contributed by atoms with E-state index in [0.717, 1.165) is 43.4 Å². The van der Waals surface area contributed by atoms with Crippen molar-refractivity contribution in [2.24, 2.45) is 0 Å². The molecule has 0 spiro atoms. The maximum Gasteiger partial charge on any atom is 0.315 e. The summed E-state index contributed by atoms with van der Waals surface area (Å²) < 4.78 is 11.0. The van der Waals surface area contributed by atoms with Gasteiger partial charge in [0.2, 0.25) is 5.88 Å². The zero-order valence-electron chi connectivity index (χ0n) is 16.0. The second kappa shape index (κ2) is 10.2. The molecule has 6 nitrogen and oxygen atoms in total. The van der Waals surface area contributed by atoms with Crippen molar-refractivity contribution < 1.29 is 14.3 Å². The lowest BCUT2D eigenvalue weighted by Crippen LogP contribution is -2.45. The van der Waals surface area contributed by atoms with Gasteiger partial charge in [0.1, 0.15) is 11.9 Å². The molecule has 150 valence electrons. The van der Waals surface area contributed by atoms with E-state index in [9.17, 15) is 4.79 Å². The molecule has 0 atom stereocenters. The number of benzene rings is 1. The van der Waals surface area contributed by atoms with Crippen LogP contribution in [0.25, 0.3) is 0 Å². The van der Waals surface area contributed by atoms with E-state index in [-0.39, 0.29) is 18.2 Å². The van der Waals surface area contributed by atoms with Gasteiger partial charge in [-0.3, -0.25) is 0 Å². The van der Waals surface area contributed by atoms with Crippen molar-refractivity contribution in [1.29, 1.82) is 0 Å². The number of hydrogen-bond acceptors (Lipinski definition) is 4. The van der Waals surface area contributed by atoms with Gasteiger partial charge in [0, 0.05) is 24.8 Å². The van der Waals surface area contributed by atoms with Crippen LogP contribution in [-0.2, 0) is 6.42 Å². The molecule has 1 fully saturated rings. The van der Waals surface area contributed by atoms with Crippen LogP contribution in [0.3, 0.4) is 0 Å². The number of amides is 2. The first-order valence-electron chi connectivity index (χ1n) is 9.58. The number of carbonyl (C=O) groups is 1. The summed E-state index contributed by atoms with van der Waals surface area (Å²) >= 11 is 5.84. The molecule has 1 saturated carbocycles. The van der Waals surface area contributed by atoms with Crippen molar-refractivity contribution in [1.82, 2.24) is 15.6 Å². The van der Waals surface area contributed by atoms with Gasteiger partial charge in [-0.15, -0.1) is 0 Å². The van der Waals surface area contributed by atoms with E-state index in [4.69, 9.17) is 21.1 Å². The molecule has 0 saturated heterocycles. The summed E-state index contributed by atoms with van der Waals surface area (Å²) in [6.07, 6.45) is 6.06. The van der Waals surface area contributed by atoms with Crippen LogP contribution in [-0.4, -0.2) is 36.8 Å². The van der Waals surface area contributed by atoms with Crippen LogP contribution in [0.1, 0.15) is 31.2 Å². The minimum absolute atomic E-state index is 0.114. The first-order chi connectivity index (χ1) is 13.6. The van der Waals surface area contributed by atoms with Gasteiger partial charge in [0.15, 0.2) is 0 Å². The molecule has 1 aromatic carbocycles. The fourth-order valence-corrected chi connectivity index (χ4v) is 3.39. The van der Waals surface area contributed by atoms with Gasteiger partial charge in [0.05, 0.1) is 12.1 Å². The van der Waals surface area contributed by atoms with E-state index >= 15 is 0 Å². The second-order valence-electron chi connectivity index (χ2n) is 6.90. The number of aromatic nitrogens is 1. The number of pyridine rings is 1. The number of hydrogen-bond donors (Lipinski definition) is 2. The zero-order valence-corrected chi connectivity index (χ0v) is 16.7. The van der Waals surface area contributed by atoms with Gasteiger partial charge in [-0.25, -0.2) is 9.78 Å². The lowest BCUT2D eigenvalue weighted by molar-refractivity contribution is 0.135. The SMILES string of the molecule is COc1ccc(CCNC(=O)NC2CCC(Oc3ccc(Cl)cn3)CC2)cc1. The predicted molar refractivity (Wildman–Crippen MR) is 109 cm³/mol. The van der Waals surface area contributed by atoms with E-state index in [0.29, 0.717) is 17.4 Å². The number of nitrogens with zero attached hydrogens (tertiary/aromatic N) is 1. The molecule has 1 aromatic heterocycles. The number of urea groups is 1. The Balaban J connectivity index is 1.32. The van der Waals surface area contributed by atoms with Crippen LogP contribution < -0.4 is 20.1 Å². The fraction of sp³-hybridized carbons (Fsp3) is 0.429. The molecule has 1 aliphatic carbocycles. The summed E-state index contributed by atoms with van der Waals surface area (Å²) in [7, 11) is 1.65. The Morgan fingerprint density at radius 2 is 1.89 bits per heavy atom. The molecule has 1 heterocycles. The lowest BCUT2D eigenvalue weighted by Gasteiger charge is -2.29. The number of rotatable bonds is 7. The van der Waals surface area contributed by atoms with Crippen molar-refractivity contribution >= 4 is 17.6 Å². The van der Waals surface area contributed by atoms with E-state index in [1.807, 2.05) is 24.3 Å². The highest BCUT2D eigenvalue weighted by Crippen LogP contribution is 2.23. The maximum absolute atomic E-state index is 12.1. The number of carbonyl (C=O) groups excluding carboxylic acids is 1. The molecule has 2 aromatic rings. The third-order valence-corrected chi connectivity index (χ3v) is 5.08. The first-order valence-corrected chi connectivity index (χ1v) is 9.95. The van der Waals surface area contributed by atoms with E-state index < -0.39 is 0 Å². The van der Waals surface area contributed by atoms with E-state index in [1.54, 1.807) is 25.4 Å². The molecule has 2 N–H and O–H groups in total. The molecule has 28 heavy (non-hydrogen) atoms. The standard InChI is InChI=1S/C21H26ClN3O3/c1-27-18-7-2-15(3-8-18)12-13-23-21(26)25-17-5-9-19(10-6-17)28-20-11-4-16(22)14-24-20/h2-4,7-8,11,14,17,19H,5-6,9-10,12-13H2,1H3,(H2,23,25,26). The van der Waals surface area contributed by atoms with Crippen LogP contribution in [0.5, 0.6) is 11.6 Å².